The summed E-state index contributed by atoms with van der Waals surface area (Å²) < 4.78 is 2.89. The summed E-state index contributed by atoms with van der Waals surface area (Å²) in [6.07, 6.45) is 1.86. The second kappa shape index (κ2) is 6.27. The summed E-state index contributed by atoms with van der Waals surface area (Å²) >= 11 is 12.2. The number of benzene rings is 2. The van der Waals surface area contributed by atoms with Crippen LogP contribution in [0, 0.1) is 0 Å². The number of Topliss-reactive ketones (excluding diaryl/α,β-unsaturated/α-hetero) is 1. The van der Waals surface area contributed by atoms with Gasteiger partial charge in [-0.25, -0.2) is 14.3 Å². The molecule has 0 saturated carbocycles. The van der Waals surface area contributed by atoms with E-state index in [2.05, 4.69) is 20.4 Å². The standard InChI is InChI=1S/C16H10Cl2N6O/c17-10-5-6-12(18)11(7-10)15(25)16(23-9-19-8-20-23)24-14-4-2-1-3-13(14)21-22-24/h1-9,16H. The zero-order valence-electron chi connectivity index (χ0n) is 12.6. The van der Waals surface area contributed by atoms with Gasteiger partial charge in [-0.15, -0.1) is 5.10 Å². The maximum absolute atomic E-state index is 13.2. The van der Waals surface area contributed by atoms with E-state index in [9.17, 15) is 4.79 Å². The topological polar surface area (TPSA) is 78.5 Å². The molecule has 0 bridgehead atoms. The van der Waals surface area contributed by atoms with Gasteiger partial charge in [0.1, 0.15) is 18.2 Å². The van der Waals surface area contributed by atoms with Crippen LogP contribution in [-0.2, 0) is 0 Å². The van der Waals surface area contributed by atoms with E-state index >= 15 is 0 Å². The minimum atomic E-state index is -0.925. The van der Waals surface area contributed by atoms with Crippen molar-refractivity contribution in [1.29, 1.82) is 0 Å². The fourth-order valence-electron chi connectivity index (χ4n) is 2.58. The quantitative estimate of drug-likeness (QED) is 0.513. The van der Waals surface area contributed by atoms with Crippen LogP contribution in [0.5, 0.6) is 0 Å². The molecule has 0 aliphatic heterocycles. The van der Waals surface area contributed by atoms with Crippen molar-refractivity contribution in [3.63, 3.8) is 0 Å². The zero-order chi connectivity index (χ0) is 17.4. The van der Waals surface area contributed by atoms with E-state index in [1.165, 1.54) is 28.1 Å². The summed E-state index contributed by atoms with van der Waals surface area (Å²) in [6.45, 7) is 0. The van der Waals surface area contributed by atoms with Crippen molar-refractivity contribution in [2.45, 2.75) is 6.17 Å². The van der Waals surface area contributed by atoms with Gasteiger partial charge in [0.05, 0.1) is 10.5 Å². The molecular formula is C16H10Cl2N6O. The van der Waals surface area contributed by atoms with E-state index in [-0.39, 0.29) is 11.3 Å². The smallest absolute Gasteiger partial charge is 0.211 e. The van der Waals surface area contributed by atoms with Crippen LogP contribution in [0.25, 0.3) is 11.0 Å². The molecule has 0 radical (unpaired) electrons. The van der Waals surface area contributed by atoms with E-state index in [1.54, 1.807) is 12.1 Å². The number of nitrogens with zero attached hydrogens (tertiary/aromatic N) is 6. The second-order valence-corrected chi connectivity index (χ2v) is 6.10. The van der Waals surface area contributed by atoms with Gasteiger partial charge in [-0.2, -0.15) is 5.10 Å². The lowest BCUT2D eigenvalue weighted by Crippen LogP contribution is -2.28. The van der Waals surface area contributed by atoms with Crippen molar-refractivity contribution in [2.24, 2.45) is 0 Å². The number of carbonyl (C=O) groups is 1. The molecule has 0 saturated heterocycles. The number of hydrogen-bond donors (Lipinski definition) is 0. The van der Waals surface area contributed by atoms with Gasteiger partial charge in [-0.3, -0.25) is 4.79 Å². The first-order valence-corrected chi connectivity index (χ1v) is 8.04. The molecule has 0 N–H and O–H groups in total. The minimum Gasteiger partial charge on any atom is -0.289 e. The third-order valence-electron chi connectivity index (χ3n) is 3.72. The molecule has 7 nitrogen and oxygen atoms in total. The number of halogens is 2. The highest BCUT2D eigenvalue weighted by Gasteiger charge is 2.29. The molecule has 4 rings (SSSR count). The average Bonchev–Trinajstić information content (AvgIpc) is 3.28. The third-order valence-corrected chi connectivity index (χ3v) is 4.29. The van der Waals surface area contributed by atoms with Gasteiger partial charge in [0.15, 0.2) is 0 Å². The van der Waals surface area contributed by atoms with E-state index in [1.807, 2.05) is 24.3 Å². The Bertz CT molecular complexity index is 1060. The third kappa shape index (κ3) is 2.77. The van der Waals surface area contributed by atoms with Crippen LogP contribution in [0.2, 0.25) is 10.0 Å². The van der Waals surface area contributed by atoms with Crippen molar-refractivity contribution in [3.8, 4) is 0 Å². The summed E-state index contributed by atoms with van der Waals surface area (Å²) in [5.41, 5.74) is 1.63. The predicted octanol–water partition coefficient (Wildman–Crippen LogP) is 3.26. The molecule has 0 aliphatic rings. The molecule has 1 atom stereocenters. The largest absolute Gasteiger partial charge is 0.289 e. The lowest BCUT2D eigenvalue weighted by Gasteiger charge is -2.17. The van der Waals surface area contributed by atoms with E-state index < -0.39 is 6.17 Å². The van der Waals surface area contributed by atoms with Crippen LogP contribution in [-0.4, -0.2) is 35.5 Å². The monoisotopic (exact) mass is 372 g/mol. The van der Waals surface area contributed by atoms with Crippen LogP contribution >= 0.6 is 23.2 Å². The molecule has 0 amide bonds. The Hall–Kier alpha value is -2.77. The molecule has 25 heavy (non-hydrogen) atoms. The predicted molar refractivity (Wildman–Crippen MR) is 92.8 cm³/mol. The maximum Gasteiger partial charge on any atom is 0.211 e. The first-order chi connectivity index (χ1) is 12.1. The first-order valence-electron chi connectivity index (χ1n) is 7.28. The van der Waals surface area contributed by atoms with Gasteiger partial charge >= 0.3 is 0 Å². The molecule has 0 aliphatic carbocycles. The summed E-state index contributed by atoms with van der Waals surface area (Å²) in [5, 5.41) is 13.0. The van der Waals surface area contributed by atoms with Crippen LogP contribution in [0.3, 0.4) is 0 Å². The second-order valence-electron chi connectivity index (χ2n) is 5.26. The summed E-state index contributed by atoms with van der Waals surface area (Å²) in [6, 6.07) is 12.1. The number of hydrogen-bond acceptors (Lipinski definition) is 5. The highest BCUT2D eigenvalue weighted by atomic mass is 35.5. The van der Waals surface area contributed by atoms with Gasteiger partial charge in [0.2, 0.25) is 11.9 Å². The maximum atomic E-state index is 13.2. The number of ketones is 1. The van der Waals surface area contributed by atoms with Crippen LogP contribution in [0.15, 0.2) is 55.1 Å². The molecule has 9 heteroatoms. The van der Waals surface area contributed by atoms with E-state index in [0.717, 1.165) is 0 Å². The SMILES string of the molecule is O=C(c1cc(Cl)ccc1Cl)C(n1cncn1)n1nnc2ccccc21. The van der Waals surface area contributed by atoms with Gasteiger partial charge < -0.3 is 0 Å². The Morgan fingerprint density at radius 2 is 1.96 bits per heavy atom. The fourth-order valence-corrected chi connectivity index (χ4v) is 2.96. The Labute approximate surface area is 151 Å². The normalized spacial score (nSPS) is 12.4. The van der Waals surface area contributed by atoms with E-state index in [4.69, 9.17) is 23.2 Å². The van der Waals surface area contributed by atoms with Crippen LogP contribution < -0.4 is 0 Å². The zero-order valence-corrected chi connectivity index (χ0v) is 14.1. The number of aromatic nitrogens is 6. The Morgan fingerprint density at radius 1 is 1.12 bits per heavy atom. The minimum absolute atomic E-state index is 0.272. The average molecular weight is 373 g/mol. The number of fused-ring (bicyclic) bond motifs is 1. The molecule has 0 fully saturated rings. The molecule has 4 aromatic rings. The highest BCUT2D eigenvalue weighted by Crippen LogP contribution is 2.27. The summed E-state index contributed by atoms with van der Waals surface area (Å²) in [4.78, 5) is 17.2. The summed E-state index contributed by atoms with van der Waals surface area (Å²) in [5.74, 6) is -0.325. The molecular weight excluding hydrogens is 363 g/mol. The highest BCUT2D eigenvalue weighted by molar-refractivity contribution is 6.36. The Balaban J connectivity index is 1.91. The Kier molecular flexibility index (Phi) is 3.95. The first kappa shape index (κ1) is 15.7. The molecule has 124 valence electrons. The lowest BCUT2D eigenvalue weighted by atomic mass is 10.1. The number of para-hydroxylation sites is 1. The van der Waals surface area contributed by atoms with Crippen molar-refractivity contribution in [3.05, 3.63) is 70.7 Å². The lowest BCUT2D eigenvalue weighted by molar-refractivity contribution is 0.0888. The van der Waals surface area contributed by atoms with Gasteiger partial charge in [-0.1, -0.05) is 40.5 Å². The van der Waals surface area contributed by atoms with E-state index in [0.29, 0.717) is 21.1 Å². The molecule has 1 unspecified atom stereocenters. The number of rotatable bonds is 4. The van der Waals surface area contributed by atoms with Crippen LogP contribution in [0.1, 0.15) is 16.5 Å². The molecule has 0 spiro atoms. The molecule has 2 aromatic carbocycles. The molecule has 2 heterocycles. The van der Waals surface area contributed by atoms with Crippen LogP contribution in [0.4, 0.5) is 0 Å². The Morgan fingerprint density at radius 3 is 2.76 bits per heavy atom. The fraction of sp³-hybridized carbons (Fsp3) is 0.0625. The van der Waals surface area contributed by atoms with Crippen molar-refractivity contribution < 1.29 is 4.79 Å². The van der Waals surface area contributed by atoms with Gasteiger partial charge in [-0.05, 0) is 30.3 Å². The van der Waals surface area contributed by atoms with Crippen molar-refractivity contribution in [1.82, 2.24) is 29.8 Å². The molecule has 2 aromatic heterocycles. The van der Waals surface area contributed by atoms with Gasteiger partial charge in [0.25, 0.3) is 0 Å². The summed E-state index contributed by atoms with van der Waals surface area (Å²) in [7, 11) is 0. The number of carbonyl (C=O) groups excluding carboxylic acids is 1. The van der Waals surface area contributed by atoms with Crippen molar-refractivity contribution >= 4 is 40.0 Å². The van der Waals surface area contributed by atoms with Gasteiger partial charge in [0, 0.05) is 10.6 Å². The van der Waals surface area contributed by atoms with Crippen molar-refractivity contribution in [2.75, 3.05) is 0 Å².